The van der Waals surface area contributed by atoms with Crippen LogP contribution in [0.25, 0.3) is 0 Å². The van der Waals surface area contributed by atoms with Crippen molar-refractivity contribution in [3.63, 3.8) is 0 Å². The van der Waals surface area contributed by atoms with E-state index in [0.717, 1.165) is 0 Å². The van der Waals surface area contributed by atoms with Gasteiger partial charge in [-0.15, -0.1) is 0 Å². The quantitative estimate of drug-likeness (QED) is 0.689. The number of hydrogen-bond donors (Lipinski definition) is 0. The summed E-state index contributed by atoms with van der Waals surface area (Å²) >= 11 is 3.55. The Hall–Kier alpha value is -0.300. The molecule has 0 bridgehead atoms. The summed E-state index contributed by atoms with van der Waals surface area (Å²) in [6.07, 6.45) is 2.68. The summed E-state index contributed by atoms with van der Waals surface area (Å²) in [6, 6.07) is 8.79. The predicted molar refractivity (Wildman–Crippen MR) is 64.5 cm³/mol. The highest BCUT2D eigenvalue weighted by Gasteiger charge is 2.52. The van der Waals surface area contributed by atoms with Crippen LogP contribution in [0.1, 0.15) is 39.2 Å². The maximum atomic E-state index is 3.55. The van der Waals surface area contributed by atoms with E-state index in [2.05, 4.69) is 61.0 Å². The van der Waals surface area contributed by atoms with Gasteiger partial charge in [0, 0.05) is 9.89 Å². The molecule has 1 saturated carbocycles. The molecule has 0 aromatic heterocycles. The molecule has 0 heterocycles. The number of rotatable bonds is 1. The lowest BCUT2D eigenvalue weighted by Crippen LogP contribution is -2.25. The summed E-state index contributed by atoms with van der Waals surface area (Å²) in [5.74, 6) is 0. The maximum absolute atomic E-state index is 3.55. The highest BCUT2D eigenvalue weighted by atomic mass is 79.9. The Labute approximate surface area is 94.8 Å². The minimum atomic E-state index is 0.383. The van der Waals surface area contributed by atoms with Crippen molar-refractivity contribution in [2.75, 3.05) is 0 Å². The molecule has 1 heteroatoms. The van der Waals surface area contributed by atoms with Crippen molar-refractivity contribution in [3.8, 4) is 0 Å². The molecule has 0 nitrogen and oxygen atoms in total. The Morgan fingerprint density at radius 3 is 2.29 bits per heavy atom. The summed E-state index contributed by atoms with van der Waals surface area (Å²) in [7, 11) is 0. The van der Waals surface area contributed by atoms with Gasteiger partial charge < -0.3 is 0 Å². The van der Waals surface area contributed by atoms with Crippen LogP contribution in [0, 0.1) is 5.41 Å². The van der Waals surface area contributed by atoms with Gasteiger partial charge in [-0.3, -0.25) is 0 Å². The van der Waals surface area contributed by atoms with Gasteiger partial charge >= 0.3 is 0 Å². The maximum Gasteiger partial charge on any atom is 0.0178 e. The molecule has 0 radical (unpaired) electrons. The molecule has 1 fully saturated rings. The Morgan fingerprint density at radius 1 is 1.21 bits per heavy atom. The van der Waals surface area contributed by atoms with E-state index in [0.29, 0.717) is 10.8 Å². The topological polar surface area (TPSA) is 0 Å². The zero-order valence-electron chi connectivity index (χ0n) is 9.10. The molecular formula is C13H17Br. The van der Waals surface area contributed by atoms with E-state index in [-0.39, 0.29) is 0 Å². The first-order chi connectivity index (χ1) is 6.46. The smallest absolute Gasteiger partial charge is 0.0178 e. The molecule has 0 atom stereocenters. The molecule has 2 rings (SSSR count). The monoisotopic (exact) mass is 252 g/mol. The normalized spacial score (nSPS) is 19.4. The molecule has 0 aliphatic heterocycles. The van der Waals surface area contributed by atoms with Crippen molar-refractivity contribution in [1.29, 1.82) is 0 Å². The van der Waals surface area contributed by atoms with Crippen molar-refractivity contribution >= 4 is 15.9 Å². The van der Waals surface area contributed by atoms with Crippen LogP contribution >= 0.6 is 15.9 Å². The van der Waals surface area contributed by atoms with Gasteiger partial charge in [0.1, 0.15) is 0 Å². The lowest BCUT2D eigenvalue weighted by atomic mass is 9.73. The fraction of sp³-hybridized carbons (Fsp3) is 0.538. The average Bonchev–Trinajstić information content (AvgIpc) is 2.82. The summed E-state index contributed by atoms with van der Waals surface area (Å²) < 4.78 is 1.20. The van der Waals surface area contributed by atoms with Crippen LogP contribution < -0.4 is 0 Å². The lowest BCUT2D eigenvalue weighted by Gasteiger charge is -2.31. The summed E-state index contributed by atoms with van der Waals surface area (Å²) in [5.41, 5.74) is 2.32. The Balaban J connectivity index is 2.41. The van der Waals surface area contributed by atoms with Crippen LogP contribution in [0.15, 0.2) is 28.7 Å². The molecule has 1 aliphatic carbocycles. The van der Waals surface area contributed by atoms with Gasteiger partial charge in [0.05, 0.1) is 0 Å². The third-order valence-electron chi connectivity index (χ3n) is 3.56. The van der Waals surface area contributed by atoms with Gasteiger partial charge in [0.2, 0.25) is 0 Å². The Kier molecular flexibility index (Phi) is 2.26. The second-order valence-corrected chi connectivity index (χ2v) is 6.26. The molecule has 0 amide bonds. The second kappa shape index (κ2) is 3.10. The van der Waals surface area contributed by atoms with E-state index in [1.807, 2.05) is 0 Å². The number of hydrogen-bond acceptors (Lipinski definition) is 0. The van der Waals surface area contributed by atoms with Crippen molar-refractivity contribution in [2.45, 2.75) is 39.0 Å². The average molecular weight is 253 g/mol. The van der Waals surface area contributed by atoms with Crippen molar-refractivity contribution < 1.29 is 0 Å². The van der Waals surface area contributed by atoms with Crippen LogP contribution in [0.3, 0.4) is 0 Å². The van der Waals surface area contributed by atoms with E-state index >= 15 is 0 Å². The SMILES string of the molecule is CC(C)(C)C1(c2cccc(Br)c2)CC1. The van der Waals surface area contributed by atoms with Crippen LogP contribution in [0.5, 0.6) is 0 Å². The Morgan fingerprint density at radius 2 is 1.86 bits per heavy atom. The largest absolute Gasteiger partial charge is 0.0609 e. The van der Waals surface area contributed by atoms with Crippen molar-refractivity contribution in [1.82, 2.24) is 0 Å². The fourth-order valence-corrected chi connectivity index (χ4v) is 2.78. The molecular weight excluding hydrogens is 236 g/mol. The molecule has 0 spiro atoms. The molecule has 0 N–H and O–H groups in total. The molecule has 1 aromatic carbocycles. The summed E-state index contributed by atoms with van der Waals surface area (Å²) in [6.45, 7) is 7.04. The van der Waals surface area contributed by atoms with Crippen LogP contribution in [0.2, 0.25) is 0 Å². The first kappa shape index (κ1) is 10.2. The molecule has 0 unspecified atom stereocenters. The fourth-order valence-electron chi connectivity index (χ4n) is 2.38. The zero-order chi connectivity index (χ0) is 10.4. The standard InChI is InChI=1S/C13H17Br/c1-12(2,3)13(7-8-13)10-5-4-6-11(14)9-10/h4-6,9H,7-8H2,1-3H3. The van der Waals surface area contributed by atoms with Gasteiger partial charge in [-0.2, -0.15) is 0 Å². The Bertz CT molecular complexity index is 342. The highest BCUT2D eigenvalue weighted by molar-refractivity contribution is 9.10. The van der Waals surface area contributed by atoms with Crippen LogP contribution in [-0.4, -0.2) is 0 Å². The summed E-state index contributed by atoms with van der Waals surface area (Å²) in [4.78, 5) is 0. The molecule has 1 aliphatic rings. The number of halogens is 1. The first-order valence-corrected chi connectivity index (χ1v) is 6.01. The third kappa shape index (κ3) is 1.52. The summed E-state index contributed by atoms with van der Waals surface area (Å²) in [5, 5.41) is 0. The van der Waals surface area contributed by atoms with E-state index in [1.165, 1.54) is 22.9 Å². The molecule has 76 valence electrons. The molecule has 1 aromatic rings. The van der Waals surface area contributed by atoms with Gasteiger partial charge in [-0.05, 0) is 36.0 Å². The third-order valence-corrected chi connectivity index (χ3v) is 4.06. The second-order valence-electron chi connectivity index (χ2n) is 5.34. The first-order valence-electron chi connectivity index (χ1n) is 5.22. The van der Waals surface area contributed by atoms with Gasteiger partial charge in [0.15, 0.2) is 0 Å². The van der Waals surface area contributed by atoms with Gasteiger partial charge in [-0.25, -0.2) is 0 Å². The minimum Gasteiger partial charge on any atom is -0.0609 e. The van der Waals surface area contributed by atoms with E-state index in [1.54, 1.807) is 0 Å². The van der Waals surface area contributed by atoms with Gasteiger partial charge in [0.25, 0.3) is 0 Å². The van der Waals surface area contributed by atoms with Crippen molar-refractivity contribution in [3.05, 3.63) is 34.3 Å². The van der Waals surface area contributed by atoms with E-state index < -0.39 is 0 Å². The molecule has 0 saturated heterocycles. The highest BCUT2D eigenvalue weighted by Crippen LogP contribution is 2.59. The van der Waals surface area contributed by atoms with E-state index in [9.17, 15) is 0 Å². The minimum absolute atomic E-state index is 0.383. The van der Waals surface area contributed by atoms with Crippen molar-refractivity contribution in [2.24, 2.45) is 5.41 Å². The molecule has 14 heavy (non-hydrogen) atoms. The zero-order valence-corrected chi connectivity index (χ0v) is 10.7. The van der Waals surface area contributed by atoms with Gasteiger partial charge in [-0.1, -0.05) is 48.8 Å². The van der Waals surface area contributed by atoms with Crippen LogP contribution in [0.4, 0.5) is 0 Å². The number of benzene rings is 1. The lowest BCUT2D eigenvalue weighted by molar-refractivity contribution is 0.299. The predicted octanol–water partition coefficient (Wildman–Crippen LogP) is 4.53. The van der Waals surface area contributed by atoms with Crippen LogP contribution in [-0.2, 0) is 5.41 Å². The van der Waals surface area contributed by atoms with E-state index in [4.69, 9.17) is 0 Å².